The van der Waals surface area contributed by atoms with E-state index < -0.39 is 0 Å². The van der Waals surface area contributed by atoms with Crippen LogP contribution in [-0.4, -0.2) is 25.8 Å². The number of nitrogens with two attached hydrogens (primary N) is 1. The molecule has 0 atom stereocenters. The molecule has 0 spiro atoms. The van der Waals surface area contributed by atoms with Gasteiger partial charge in [0.15, 0.2) is 5.84 Å². The van der Waals surface area contributed by atoms with Gasteiger partial charge in [0.1, 0.15) is 12.1 Å². The van der Waals surface area contributed by atoms with Crippen LogP contribution in [0.4, 0.5) is 0 Å². The second-order valence-corrected chi connectivity index (χ2v) is 3.28. The Morgan fingerprint density at radius 3 is 2.88 bits per heavy atom. The third-order valence-corrected chi connectivity index (χ3v) is 2.05. The summed E-state index contributed by atoms with van der Waals surface area (Å²) < 4.78 is 6.95. The molecule has 7 nitrogen and oxygen atoms in total. The molecule has 2 aromatic rings. The highest BCUT2D eigenvalue weighted by Crippen LogP contribution is 2.22. The van der Waals surface area contributed by atoms with Crippen molar-refractivity contribution in [2.45, 2.75) is 0 Å². The Kier molecular flexibility index (Phi) is 2.91. The van der Waals surface area contributed by atoms with Gasteiger partial charge in [-0.05, 0) is 12.1 Å². The topological polar surface area (TPSA) is 98.6 Å². The monoisotopic (exact) mass is 233 g/mol. The lowest BCUT2D eigenvalue weighted by Crippen LogP contribution is -2.14. The van der Waals surface area contributed by atoms with E-state index in [2.05, 4.69) is 15.2 Å². The van der Waals surface area contributed by atoms with Crippen molar-refractivity contribution >= 4 is 5.84 Å². The van der Waals surface area contributed by atoms with Crippen LogP contribution in [0.1, 0.15) is 5.56 Å². The number of ether oxygens (including phenoxy) is 1. The van der Waals surface area contributed by atoms with E-state index in [9.17, 15) is 0 Å². The third-order valence-electron chi connectivity index (χ3n) is 2.05. The molecule has 0 bridgehead atoms. The average Bonchev–Trinajstić information content (AvgIpc) is 2.74. The van der Waals surface area contributed by atoms with Crippen LogP contribution in [0.2, 0.25) is 0 Å². The van der Waals surface area contributed by atoms with E-state index in [1.165, 1.54) is 11.0 Å². The molecule has 7 heteroatoms. The number of aromatic nitrogens is 3. The van der Waals surface area contributed by atoms with Crippen molar-refractivity contribution in [2.75, 3.05) is 0 Å². The summed E-state index contributed by atoms with van der Waals surface area (Å²) in [6.07, 6.45) is 1.52. The van der Waals surface area contributed by atoms with Crippen LogP contribution in [0, 0.1) is 0 Å². The van der Waals surface area contributed by atoms with E-state index in [0.717, 1.165) is 0 Å². The van der Waals surface area contributed by atoms with Crippen LogP contribution in [0.15, 0.2) is 35.7 Å². The van der Waals surface area contributed by atoms with E-state index in [1.807, 2.05) is 0 Å². The largest absolute Gasteiger partial charge is 0.422 e. The first-order chi connectivity index (χ1) is 8.20. The van der Waals surface area contributed by atoms with Crippen molar-refractivity contribution in [2.24, 2.45) is 17.9 Å². The zero-order valence-electron chi connectivity index (χ0n) is 9.11. The molecule has 3 N–H and O–H groups in total. The number of hydrogen-bond donors (Lipinski definition) is 2. The minimum Gasteiger partial charge on any atom is -0.422 e. The fourth-order valence-electron chi connectivity index (χ4n) is 1.29. The fraction of sp³-hybridized carbons (Fsp3) is 0.100. The Morgan fingerprint density at radius 1 is 1.47 bits per heavy atom. The maximum atomic E-state index is 8.65. The summed E-state index contributed by atoms with van der Waals surface area (Å²) in [6, 6.07) is 7.08. The zero-order valence-corrected chi connectivity index (χ0v) is 9.11. The van der Waals surface area contributed by atoms with Gasteiger partial charge >= 0.3 is 6.01 Å². The van der Waals surface area contributed by atoms with Crippen molar-refractivity contribution < 1.29 is 9.94 Å². The van der Waals surface area contributed by atoms with E-state index >= 15 is 0 Å². The number of oxime groups is 1. The number of amidine groups is 1. The normalized spacial score (nSPS) is 11.5. The van der Waals surface area contributed by atoms with Crippen molar-refractivity contribution in [1.29, 1.82) is 0 Å². The third kappa shape index (κ3) is 2.33. The Hall–Kier alpha value is -2.57. The van der Waals surface area contributed by atoms with Gasteiger partial charge in [0, 0.05) is 7.05 Å². The van der Waals surface area contributed by atoms with Crippen LogP contribution >= 0.6 is 0 Å². The molecule has 0 unspecified atom stereocenters. The molecule has 17 heavy (non-hydrogen) atoms. The zero-order chi connectivity index (χ0) is 12.3. The van der Waals surface area contributed by atoms with Gasteiger partial charge in [0.25, 0.3) is 0 Å². The summed E-state index contributed by atoms with van der Waals surface area (Å²) in [4.78, 5) is 3.92. The number of hydrogen-bond acceptors (Lipinski definition) is 5. The van der Waals surface area contributed by atoms with E-state index in [1.54, 1.807) is 31.3 Å². The molecule has 0 aliphatic rings. The standard InChI is InChI=1S/C10H11N5O2/c1-15-6-12-10(13-15)17-8-5-3-2-4-7(8)9(11)14-16/h2-6,16H,1H3,(H2,11,14). The number of nitrogens with zero attached hydrogens (tertiary/aromatic N) is 4. The van der Waals surface area contributed by atoms with Gasteiger partial charge in [-0.15, -0.1) is 5.10 Å². The van der Waals surface area contributed by atoms with Gasteiger partial charge in [0.2, 0.25) is 0 Å². The molecule has 0 fully saturated rings. The number of aryl methyl sites for hydroxylation is 1. The lowest BCUT2D eigenvalue weighted by molar-refractivity contribution is 0.318. The quantitative estimate of drug-likeness (QED) is 0.352. The number of para-hydroxylation sites is 1. The van der Waals surface area contributed by atoms with E-state index in [-0.39, 0.29) is 11.8 Å². The highest BCUT2D eigenvalue weighted by molar-refractivity contribution is 5.99. The first kappa shape index (κ1) is 10.9. The average molecular weight is 233 g/mol. The number of benzene rings is 1. The van der Waals surface area contributed by atoms with Gasteiger partial charge in [-0.3, -0.25) is 4.68 Å². The van der Waals surface area contributed by atoms with Gasteiger partial charge < -0.3 is 15.7 Å². The molecule has 88 valence electrons. The molecular formula is C10H11N5O2. The Labute approximate surface area is 97.1 Å². The summed E-state index contributed by atoms with van der Waals surface area (Å²) in [5, 5.41) is 15.6. The first-order valence-electron chi connectivity index (χ1n) is 4.81. The fourth-order valence-corrected chi connectivity index (χ4v) is 1.29. The van der Waals surface area contributed by atoms with Crippen LogP contribution in [0.3, 0.4) is 0 Å². The molecule has 0 saturated carbocycles. The maximum Gasteiger partial charge on any atom is 0.341 e. The summed E-state index contributed by atoms with van der Waals surface area (Å²) in [7, 11) is 1.73. The summed E-state index contributed by atoms with van der Waals surface area (Å²) in [5.74, 6) is 0.394. The van der Waals surface area contributed by atoms with Crippen molar-refractivity contribution in [3.8, 4) is 11.8 Å². The summed E-state index contributed by atoms with van der Waals surface area (Å²) in [6.45, 7) is 0. The van der Waals surface area contributed by atoms with Crippen molar-refractivity contribution in [1.82, 2.24) is 14.8 Å². The van der Waals surface area contributed by atoms with Crippen molar-refractivity contribution in [3.63, 3.8) is 0 Å². The highest BCUT2D eigenvalue weighted by atomic mass is 16.5. The van der Waals surface area contributed by atoms with Gasteiger partial charge in [0.05, 0.1) is 5.56 Å². The maximum absolute atomic E-state index is 8.65. The highest BCUT2D eigenvalue weighted by Gasteiger charge is 2.10. The van der Waals surface area contributed by atoms with Crippen LogP contribution in [0.5, 0.6) is 11.8 Å². The molecule has 0 amide bonds. The molecular weight excluding hydrogens is 222 g/mol. The molecule has 0 saturated heterocycles. The predicted molar refractivity (Wildman–Crippen MR) is 60.0 cm³/mol. The second kappa shape index (κ2) is 4.52. The van der Waals surface area contributed by atoms with Crippen molar-refractivity contribution in [3.05, 3.63) is 36.2 Å². The lowest BCUT2D eigenvalue weighted by atomic mass is 10.2. The van der Waals surface area contributed by atoms with Crippen LogP contribution in [-0.2, 0) is 7.05 Å². The van der Waals surface area contributed by atoms with E-state index in [0.29, 0.717) is 11.3 Å². The molecule has 0 radical (unpaired) electrons. The minimum absolute atomic E-state index is 0.0310. The van der Waals surface area contributed by atoms with Crippen LogP contribution < -0.4 is 10.5 Å². The van der Waals surface area contributed by atoms with Gasteiger partial charge in [-0.2, -0.15) is 4.98 Å². The Bertz CT molecular complexity index is 549. The molecule has 1 aromatic carbocycles. The second-order valence-electron chi connectivity index (χ2n) is 3.28. The van der Waals surface area contributed by atoms with E-state index in [4.69, 9.17) is 15.7 Å². The molecule has 1 aromatic heterocycles. The van der Waals surface area contributed by atoms with Gasteiger partial charge in [-0.1, -0.05) is 17.3 Å². The lowest BCUT2D eigenvalue weighted by Gasteiger charge is -2.06. The Balaban J connectivity index is 2.32. The predicted octanol–water partition coefficient (Wildman–Crippen LogP) is 0.702. The summed E-state index contributed by atoms with van der Waals surface area (Å²) >= 11 is 0. The number of rotatable bonds is 3. The molecule has 2 rings (SSSR count). The smallest absolute Gasteiger partial charge is 0.341 e. The first-order valence-corrected chi connectivity index (χ1v) is 4.81. The Morgan fingerprint density at radius 2 is 2.24 bits per heavy atom. The van der Waals surface area contributed by atoms with Crippen LogP contribution in [0.25, 0.3) is 0 Å². The van der Waals surface area contributed by atoms with Gasteiger partial charge in [-0.25, -0.2) is 0 Å². The molecule has 0 aliphatic carbocycles. The SMILES string of the molecule is Cn1cnc(Oc2ccccc2/C(N)=N/O)n1. The minimum atomic E-state index is -0.0310. The molecule has 0 aliphatic heterocycles. The molecule has 1 heterocycles. The summed E-state index contributed by atoms with van der Waals surface area (Å²) in [5.41, 5.74) is 6.00.